The minimum absolute atomic E-state index is 0.154. The Kier molecular flexibility index (Phi) is 4.27. The van der Waals surface area contributed by atoms with Gasteiger partial charge in [0.05, 0.1) is 16.5 Å². The molecule has 1 atom stereocenters. The fourth-order valence-corrected chi connectivity index (χ4v) is 2.80. The third kappa shape index (κ3) is 3.25. The maximum absolute atomic E-state index is 6.23. The van der Waals surface area contributed by atoms with Gasteiger partial charge in [0.1, 0.15) is 5.75 Å². The Morgan fingerprint density at radius 3 is 2.61 bits per heavy atom. The summed E-state index contributed by atoms with van der Waals surface area (Å²) in [5.41, 5.74) is 7.26. The molecule has 2 nitrogen and oxygen atoms in total. The van der Waals surface area contributed by atoms with Crippen LogP contribution in [0.5, 0.6) is 5.75 Å². The van der Waals surface area contributed by atoms with Crippen molar-refractivity contribution in [3.05, 3.63) is 51.2 Å². The average Bonchev–Trinajstić information content (AvgIpc) is 2.74. The molecule has 0 aliphatic rings. The zero-order valence-electron chi connectivity index (χ0n) is 10.4. The van der Waals surface area contributed by atoms with E-state index in [0.717, 1.165) is 20.5 Å². The lowest BCUT2D eigenvalue weighted by Crippen LogP contribution is -2.11. The molecule has 0 radical (unpaired) electrons. The van der Waals surface area contributed by atoms with Crippen molar-refractivity contribution in [2.24, 2.45) is 5.73 Å². The molecule has 1 unspecified atom stereocenters. The van der Waals surface area contributed by atoms with Crippen LogP contribution in [0.2, 0.25) is 4.34 Å². The van der Waals surface area contributed by atoms with Gasteiger partial charge in [-0.25, -0.2) is 0 Å². The van der Waals surface area contributed by atoms with E-state index < -0.39 is 0 Å². The normalized spacial score (nSPS) is 12.7. The van der Waals surface area contributed by atoms with E-state index in [4.69, 9.17) is 22.1 Å². The van der Waals surface area contributed by atoms with E-state index in [1.54, 1.807) is 0 Å². The van der Waals surface area contributed by atoms with Crippen LogP contribution >= 0.6 is 22.9 Å². The lowest BCUT2D eigenvalue weighted by molar-refractivity contribution is 0.242. The second-order valence-corrected chi connectivity index (χ2v) is 6.11. The smallest absolute Gasteiger partial charge is 0.120 e. The number of nitrogens with two attached hydrogens (primary N) is 1. The number of thiophene rings is 1. The van der Waals surface area contributed by atoms with Crippen molar-refractivity contribution in [1.82, 2.24) is 0 Å². The third-order valence-electron chi connectivity index (χ3n) is 2.49. The van der Waals surface area contributed by atoms with E-state index in [0.29, 0.717) is 0 Å². The molecule has 4 heteroatoms. The standard InChI is InChI=1S/C14H16ClNOS/c1-9(2)17-11-5-3-4-10(8-11)14(16)12-6-7-13(15)18-12/h3-9,14H,16H2,1-2H3. The van der Waals surface area contributed by atoms with Crippen molar-refractivity contribution in [2.45, 2.75) is 26.0 Å². The van der Waals surface area contributed by atoms with Crippen LogP contribution < -0.4 is 10.5 Å². The van der Waals surface area contributed by atoms with Crippen LogP contribution in [0.4, 0.5) is 0 Å². The van der Waals surface area contributed by atoms with E-state index in [-0.39, 0.29) is 12.1 Å². The van der Waals surface area contributed by atoms with Crippen molar-refractivity contribution in [3.63, 3.8) is 0 Å². The molecule has 0 saturated heterocycles. The van der Waals surface area contributed by atoms with Gasteiger partial charge in [0.15, 0.2) is 0 Å². The molecule has 0 fully saturated rings. The Morgan fingerprint density at radius 2 is 2.00 bits per heavy atom. The summed E-state index contributed by atoms with van der Waals surface area (Å²) in [4.78, 5) is 1.06. The number of benzene rings is 1. The molecule has 2 rings (SSSR count). The summed E-state index contributed by atoms with van der Waals surface area (Å²) < 4.78 is 6.43. The van der Waals surface area contributed by atoms with Crippen LogP contribution in [0.25, 0.3) is 0 Å². The number of hydrogen-bond acceptors (Lipinski definition) is 3. The van der Waals surface area contributed by atoms with Gasteiger partial charge in [-0.2, -0.15) is 0 Å². The molecule has 2 N–H and O–H groups in total. The Hall–Kier alpha value is -1.03. The molecule has 1 aromatic heterocycles. The van der Waals surface area contributed by atoms with Crippen molar-refractivity contribution < 1.29 is 4.74 Å². The Balaban J connectivity index is 2.22. The summed E-state index contributed by atoms with van der Waals surface area (Å²) in [6, 6.07) is 11.6. The maximum atomic E-state index is 6.23. The molecule has 0 saturated carbocycles. The summed E-state index contributed by atoms with van der Waals surface area (Å²) in [6.45, 7) is 4.01. The van der Waals surface area contributed by atoms with Crippen molar-refractivity contribution in [2.75, 3.05) is 0 Å². The van der Waals surface area contributed by atoms with Gasteiger partial charge in [0, 0.05) is 4.88 Å². The molecule has 96 valence electrons. The first-order chi connectivity index (χ1) is 8.56. The molecule has 0 aliphatic carbocycles. The fourth-order valence-electron chi connectivity index (χ4n) is 1.71. The zero-order valence-corrected chi connectivity index (χ0v) is 12.0. The summed E-state index contributed by atoms with van der Waals surface area (Å²) >= 11 is 7.44. The number of hydrogen-bond donors (Lipinski definition) is 1. The van der Waals surface area contributed by atoms with Gasteiger partial charge < -0.3 is 10.5 Å². The van der Waals surface area contributed by atoms with Gasteiger partial charge in [0.2, 0.25) is 0 Å². The van der Waals surface area contributed by atoms with E-state index >= 15 is 0 Å². The number of ether oxygens (including phenoxy) is 1. The van der Waals surface area contributed by atoms with Gasteiger partial charge in [-0.1, -0.05) is 23.7 Å². The fraction of sp³-hybridized carbons (Fsp3) is 0.286. The summed E-state index contributed by atoms with van der Waals surface area (Å²) in [5.74, 6) is 0.848. The SMILES string of the molecule is CC(C)Oc1cccc(C(N)c2ccc(Cl)s2)c1. The van der Waals surface area contributed by atoms with Crippen LogP contribution in [-0.2, 0) is 0 Å². The van der Waals surface area contributed by atoms with E-state index in [1.165, 1.54) is 11.3 Å². The topological polar surface area (TPSA) is 35.2 Å². The van der Waals surface area contributed by atoms with Crippen molar-refractivity contribution in [1.29, 1.82) is 0 Å². The van der Waals surface area contributed by atoms with Crippen molar-refractivity contribution >= 4 is 22.9 Å². The van der Waals surface area contributed by atoms with Crippen molar-refractivity contribution in [3.8, 4) is 5.75 Å². The molecule has 0 amide bonds. The summed E-state index contributed by atoms with van der Waals surface area (Å²) in [5, 5.41) is 0. The summed E-state index contributed by atoms with van der Waals surface area (Å²) in [7, 11) is 0. The molecule has 1 aromatic carbocycles. The zero-order chi connectivity index (χ0) is 13.1. The first-order valence-corrected chi connectivity index (χ1v) is 7.03. The highest BCUT2D eigenvalue weighted by Gasteiger charge is 2.12. The Morgan fingerprint density at radius 1 is 1.22 bits per heavy atom. The second kappa shape index (κ2) is 5.74. The Labute approximate surface area is 116 Å². The number of rotatable bonds is 4. The van der Waals surface area contributed by atoms with Crippen LogP contribution in [-0.4, -0.2) is 6.10 Å². The lowest BCUT2D eigenvalue weighted by atomic mass is 10.1. The Bertz CT molecular complexity index is 524. The molecule has 0 bridgehead atoms. The van der Waals surface area contributed by atoms with E-state index in [2.05, 4.69) is 0 Å². The maximum Gasteiger partial charge on any atom is 0.120 e. The predicted molar refractivity (Wildman–Crippen MR) is 77.6 cm³/mol. The molecule has 2 aromatic rings. The highest BCUT2D eigenvalue weighted by molar-refractivity contribution is 7.16. The van der Waals surface area contributed by atoms with Gasteiger partial charge in [-0.3, -0.25) is 0 Å². The minimum atomic E-state index is -0.154. The highest BCUT2D eigenvalue weighted by atomic mass is 35.5. The van der Waals surface area contributed by atoms with Gasteiger partial charge in [-0.05, 0) is 43.7 Å². The van der Waals surface area contributed by atoms with Gasteiger partial charge in [-0.15, -0.1) is 11.3 Å². The first-order valence-electron chi connectivity index (χ1n) is 5.83. The third-order valence-corrected chi connectivity index (χ3v) is 3.80. The quantitative estimate of drug-likeness (QED) is 0.910. The lowest BCUT2D eigenvalue weighted by Gasteiger charge is -2.14. The predicted octanol–water partition coefficient (Wildman–Crippen LogP) is 4.24. The van der Waals surface area contributed by atoms with E-state index in [1.807, 2.05) is 50.2 Å². The van der Waals surface area contributed by atoms with Crippen LogP contribution in [0, 0.1) is 0 Å². The highest BCUT2D eigenvalue weighted by Crippen LogP contribution is 2.30. The van der Waals surface area contributed by atoms with E-state index in [9.17, 15) is 0 Å². The first kappa shape index (κ1) is 13.4. The number of halogens is 1. The second-order valence-electron chi connectivity index (χ2n) is 4.36. The molecular formula is C14H16ClNOS. The summed E-state index contributed by atoms with van der Waals surface area (Å²) in [6.07, 6.45) is 0.160. The molecular weight excluding hydrogens is 266 g/mol. The molecule has 0 spiro atoms. The van der Waals surface area contributed by atoms with Crippen LogP contribution in [0.3, 0.4) is 0 Å². The van der Waals surface area contributed by atoms with Crippen LogP contribution in [0.15, 0.2) is 36.4 Å². The molecule has 1 heterocycles. The largest absolute Gasteiger partial charge is 0.491 e. The molecule has 0 aliphatic heterocycles. The average molecular weight is 282 g/mol. The molecule has 18 heavy (non-hydrogen) atoms. The van der Waals surface area contributed by atoms with Gasteiger partial charge >= 0.3 is 0 Å². The van der Waals surface area contributed by atoms with Crippen LogP contribution in [0.1, 0.15) is 30.3 Å². The minimum Gasteiger partial charge on any atom is -0.491 e. The van der Waals surface area contributed by atoms with Gasteiger partial charge in [0.25, 0.3) is 0 Å². The monoisotopic (exact) mass is 281 g/mol.